The van der Waals surface area contributed by atoms with Crippen LogP contribution in [0.15, 0.2) is 79.0 Å². The maximum Gasteiger partial charge on any atom is 0.416 e. The number of hydrogen-bond acceptors (Lipinski definition) is 8. The lowest BCUT2D eigenvalue weighted by atomic mass is 9.92. The zero-order valence-electron chi connectivity index (χ0n) is 28.7. The van der Waals surface area contributed by atoms with E-state index in [1.54, 1.807) is 12.1 Å². The first-order chi connectivity index (χ1) is 25.1. The van der Waals surface area contributed by atoms with Crippen LogP contribution in [0, 0.1) is 5.92 Å². The number of aromatic nitrogens is 1. The summed E-state index contributed by atoms with van der Waals surface area (Å²) < 4.78 is 50.8. The molecule has 0 radical (unpaired) electrons. The van der Waals surface area contributed by atoms with Crippen molar-refractivity contribution in [3.05, 3.63) is 101 Å². The number of nitrogens with zero attached hydrogens (tertiary/aromatic N) is 4. The van der Waals surface area contributed by atoms with Crippen molar-refractivity contribution >= 4 is 23.3 Å². The van der Waals surface area contributed by atoms with Crippen LogP contribution in [0.5, 0.6) is 11.5 Å². The molecule has 10 nitrogen and oxygen atoms in total. The highest BCUT2D eigenvalue weighted by Gasteiger charge is 2.32. The van der Waals surface area contributed by atoms with Crippen LogP contribution in [-0.4, -0.2) is 72.7 Å². The summed E-state index contributed by atoms with van der Waals surface area (Å²) in [5.74, 6) is 1.96. The SMILES string of the molecule is NC(=O)c1ccc(C(F)(F)F)cc1-c1ccc(NCc2ccc(N3CCC(CC(=O)N4CCN(Cc5ccc6c(c5)OCO6)CC4)CC3)cc2)nc1. The van der Waals surface area contributed by atoms with Gasteiger partial charge in [-0.15, -0.1) is 0 Å². The normalized spacial score (nSPS) is 16.6. The van der Waals surface area contributed by atoms with E-state index in [1.807, 2.05) is 17.0 Å². The highest BCUT2D eigenvalue weighted by Crippen LogP contribution is 2.35. The summed E-state index contributed by atoms with van der Waals surface area (Å²) in [4.78, 5) is 36.2. The Hall–Kier alpha value is -5.30. The Bertz CT molecular complexity index is 1890. The fraction of sp³-hybridized carbons (Fsp3) is 0.359. The second-order valence-electron chi connectivity index (χ2n) is 13.6. The van der Waals surface area contributed by atoms with Gasteiger partial charge in [0.25, 0.3) is 0 Å². The van der Waals surface area contributed by atoms with Crippen LogP contribution in [0.3, 0.4) is 0 Å². The summed E-state index contributed by atoms with van der Waals surface area (Å²) in [5.41, 5.74) is 8.35. The largest absolute Gasteiger partial charge is 0.454 e. The van der Waals surface area contributed by atoms with Crippen molar-refractivity contribution in [3.63, 3.8) is 0 Å². The van der Waals surface area contributed by atoms with E-state index < -0.39 is 17.6 Å². The molecule has 13 heteroatoms. The molecule has 0 atom stereocenters. The Morgan fingerprint density at radius 3 is 2.27 bits per heavy atom. The van der Waals surface area contributed by atoms with Gasteiger partial charge in [-0.1, -0.05) is 18.2 Å². The molecule has 3 aliphatic heterocycles. The zero-order valence-corrected chi connectivity index (χ0v) is 28.7. The number of amides is 2. The third-order valence-electron chi connectivity index (χ3n) is 10.1. The number of anilines is 2. The second kappa shape index (κ2) is 15.1. The standard InChI is InChI=1S/C39H41F3N6O4/c40-39(41,42)30-5-8-32(38(43)50)33(21-30)29-4-10-36(45-23-29)44-22-27-1-6-31(7-2-27)47-13-11-26(12-14-47)20-37(49)48-17-15-46(16-18-48)24-28-3-9-34-35(19-28)52-25-51-34/h1-10,19,21,23,26H,11-18,20,22,24-25H2,(H2,43,50)(H,44,45). The van der Waals surface area contributed by atoms with Gasteiger partial charge in [0, 0.05) is 81.8 Å². The minimum absolute atomic E-state index is 0.00621. The molecule has 3 aliphatic rings. The molecule has 3 N–H and O–H groups in total. The van der Waals surface area contributed by atoms with Crippen molar-refractivity contribution in [2.45, 2.75) is 38.5 Å². The lowest BCUT2D eigenvalue weighted by Crippen LogP contribution is -2.48. The highest BCUT2D eigenvalue weighted by atomic mass is 19.4. The summed E-state index contributed by atoms with van der Waals surface area (Å²) in [6, 6.07) is 20.5. The summed E-state index contributed by atoms with van der Waals surface area (Å²) >= 11 is 0. The number of halogens is 3. The van der Waals surface area contributed by atoms with Crippen LogP contribution >= 0.6 is 0 Å². The molecule has 2 fully saturated rings. The lowest BCUT2D eigenvalue weighted by molar-refractivity contribution is -0.137. The fourth-order valence-corrected chi connectivity index (χ4v) is 7.07. The number of ether oxygens (including phenoxy) is 2. The van der Waals surface area contributed by atoms with Gasteiger partial charge in [-0.05, 0) is 90.0 Å². The van der Waals surface area contributed by atoms with Gasteiger partial charge in [0.15, 0.2) is 11.5 Å². The van der Waals surface area contributed by atoms with Crippen LogP contribution in [-0.2, 0) is 24.1 Å². The third kappa shape index (κ3) is 8.25. The maximum atomic E-state index is 13.3. The van der Waals surface area contributed by atoms with E-state index >= 15 is 0 Å². The van der Waals surface area contributed by atoms with E-state index in [0.29, 0.717) is 30.3 Å². The van der Waals surface area contributed by atoms with Crippen LogP contribution in [0.4, 0.5) is 24.7 Å². The molecule has 0 saturated carbocycles. The van der Waals surface area contributed by atoms with Crippen molar-refractivity contribution in [3.8, 4) is 22.6 Å². The van der Waals surface area contributed by atoms with E-state index in [0.717, 1.165) is 99.6 Å². The summed E-state index contributed by atoms with van der Waals surface area (Å²) in [6.45, 7) is 6.62. The van der Waals surface area contributed by atoms with Crippen LogP contribution in [0.2, 0.25) is 0 Å². The summed E-state index contributed by atoms with van der Waals surface area (Å²) in [7, 11) is 0. The maximum absolute atomic E-state index is 13.3. The highest BCUT2D eigenvalue weighted by molar-refractivity contribution is 6.00. The van der Waals surface area contributed by atoms with Crippen molar-refractivity contribution in [1.82, 2.24) is 14.8 Å². The van der Waals surface area contributed by atoms with Gasteiger partial charge in [0.05, 0.1) is 5.56 Å². The lowest BCUT2D eigenvalue weighted by Gasteiger charge is -2.37. The molecule has 272 valence electrons. The number of carbonyl (C=O) groups is 2. The molecule has 1 aromatic heterocycles. The van der Waals surface area contributed by atoms with Crippen LogP contribution < -0.4 is 25.4 Å². The van der Waals surface area contributed by atoms with Gasteiger partial charge < -0.3 is 30.3 Å². The monoisotopic (exact) mass is 714 g/mol. The number of piperidine rings is 1. The molecule has 0 bridgehead atoms. The third-order valence-corrected chi connectivity index (χ3v) is 10.1. The average molecular weight is 715 g/mol. The Labute approximate surface area is 300 Å². The van der Waals surface area contributed by atoms with E-state index in [1.165, 1.54) is 11.8 Å². The Balaban J connectivity index is 0.842. The molecule has 2 amide bonds. The molecule has 2 saturated heterocycles. The summed E-state index contributed by atoms with van der Waals surface area (Å²) in [6.07, 6.45) is -0.581. The van der Waals surface area contributed by atoms with Crippen molar-refractivity contribution in [2.75, 3.05) is 56.3 Å². The predicted octanol–water partition coefficient (Wildman–Crippen LogP) is 6.16. The molecule has 0 unspecified atom stereocenters. The number of hydrogen-bond donors (Lipinski definition) is 2. The topological polar surface area (TPSA) is 113 Å². The number of piperazine rings is 1. The number of rotatable bonds is 10. The first-order valence-corrected chi connectivity index (χ1v) is 17.5. The number of fused-ring (bicyclic) bond motifs is 1. The number of benzene rings is 3. The summed E-state index contributed by atoms with van der Waals surface area (Å²) in [5, 5.41) is 3.24. The molecule has 4 aromatic rings. The van der Waals surface area contributed by atoms with Gasteiger partial charge in [0.1, 0.15) is 5.82 Å². The molecule has 0 spiro atoms. The number of alkyl halides is 3. The molecule has 52 heavy (non-hydrogen) atoms. The predicted molar refractivity (Wildman–Crippen MR) is 191 cm³/mol. The molecular formula is C39H41F3N6O4. The first-order valence-electron chi connectivity index (χ1n) is 17.5. The van der Waals surface area contributed by atoms with Gasteiger partial charge in [0.2, 0.25) is 18.6 Å². The number of primary amides is 1. The minimum atomic E-state index is -4.55. The number of nitrogens with one attached hydrogen (secondary N) is 1. The Morgan fingerprint density at radius 2 is 1.58 bits per heavy atom. The van der Waals surface area contributed by atoms with Gasteiger partial charge >= 0.3 is 6.18 Å². The van der Waals surface area contributed by atoms with E-state index in [2.05, 4.69) is 50.4 Å². The second-order valence-corrected chi connectivity index (χ2v) is 13.6. The van der Waals surface area contributed by atoms with Gasteiger partial charge in [-0.3, -0.25) is 14.5 Å². The van der Waals surface area contributed by atoms with Gasteiger partial charge in [-0.2, -0.15) is 13.2 Å². The van der Waals surface area contributed by atoms with Crippen molar-refractivity contribution in [1.29, 1.82) is 0 Å². The number of nitrogens with two attached hydrogens (primary N) is 1. The molecular weight excluding hydrogens is 673 g/mol. The zero-order chi connectivity index (χ0) is 36.2. The molecule has 3 aromatic carbocycles. The van der Waals surface area contributed by atoms with Crippen LogP contribution in [0.1, 0.15) is 46.3 Å². The fourth-order valence-electron chi connectivity index (χ4n) is 7.07. The van der Waals surface area contributed by atoms with E-state index in [-0.39, 0.29) is 23.8 Å². The molecule has 4 heterocycles. The van der Waals surface area contributed by atoms with Crippen LogP contribution in [0.25, 0.3) is 11.1 Å². The van der Waals surface area contributed by atoms with Crippen molar-refractivity contribution < 1.29 is 32.2 Å². The van der Waals surface area contributed by atoms with E-state index in [9.17, 15) is 22.8 Å². The smallest absolute Gasteiger partial charge is 0.416 e. The average Bonchev–Trinajstić information content (AvgIpc) is 3.63. The molecule has 0 aliphatic carbocycles. The van der Waals surface area contributed by atoms with Crippen molar-refractivity contribution in [2.24, 2.45) is 11.7 Å². The quantitative estimate of drug-likeness (QED) is 0.201. The molecule has 7 rings (SSSR count). The minimum Gasteiger partial charge on any atom is -0.454 e. The number of carbonyl (C=O) groups excluding carboxylic acids is 2. The van der Waals surface area contributed by atoms with Gasteiger partial charge in [-0.25, -0.2) is 4.98 Å². The Morgan fingerprint density at radius 1 is 0.846 bits per heavy atom. The number of pyridine rings is 1. The first kappa shape index (κ1) is 35.1. The van der Waals surface area contributed by atoms with E-state index in [4.69, 9.17) is 15.2 Å². The Kier molecular flexibility index (Phi) is 10.2.